The predicted octanol–water partition coefficient (Wildman–Crippen LogP) is 4.17. The molecule has 2 aliphatic rings. The van der Waals surface area contributed by atoms with E-state index < -0.39 is 0 Å². The number of anilines is 1. The maximum absolute atomic E-state index is 13.0. The summed E-state index contributed by atoms with van der Waals surface area (Å²) >= 11 is 0. The third-order valence-corrected chi connectivity index (χ3v) is 7.60. The normalized spacial score (nSPS) is 19.6. The van der Waals surface area contributed by atoms with Crippen molar-refractivity contribution < 1.29 is 23.8 Å². The summed E-state index contributed by atoms with van der Waals surface area (Å²) in [5.41, 5.74) is 3.65. The fourth-order valence-corrected chi connectivity index (χ4v) is 5.23. The average Bonchev–Trinajstić information content (AvgIpc) is 2.99. The molecule has 0 spiro atoms. The first kappa shape index (κ1) is 28.9. The van der Waals surface area contributed by atoms with Gasteiger partial charge in [0.2, 0.25) is 5.91 Å². The number of methoxy groups -OCH3 is 1. The fraction of sp³-hybridized carbons (Fsp3) is 0.375. The second-order valence-corrected chi connectivity index (χ2v) is 10.6. The second-order valence-electron chi connectivity index (χ2n) is 10.6. The summed E-state index contributed by atoms with van der Waals surface area (Å²) in [5.74, 6) is 1.79. The highest BCUT2D eigenvalue weighted by atomic mass is 16.5. The zero-order valence-corrected chi connectivity index (χ0v) is 24.1. The number of benzene rings is 2. The van der Waals surface area contributed by atoms with Gasteiger partial charge < -0.3 is 29.7 Å². The Morgan fingerprint density at radius 3 is 2.79 bits per heavy atom. The van der Waals surface area contributed by atoms with Gasteiger partial charge in [-0.1, -0.05) is 12.1 Å². The zero-order valence-electron chi connectivity index (χ0n) is 24.1. The third kappa shape index (κ3) is 6.81. The van der Waals surface area contributed by atoms with Crippen LogP contribution in [0.25, 0.3) is 0 Å². The number of ether oxygens (including phenoxy) is 3. The zero-order chi connectivity index (χ0) is 29.6. The van der Waals surface area contributed by atoms with Gasteiger partial charge in [-0.05, 0) is 68.1 Å². The van der Waals surface area contributed by atoms with E-state index in [0.29, 0.717) is 73.3 Å². The molecule has 1 saturated heterocycles. The molecule has 3 aromatic rings. The Morgan fingerprint density at radius 2 is 1.98 bits per heavy atom. The Bertz CT molecular complexity index is 1520. The number of rotatable bonds is 2. The van der Waals surface area contributed by atoms with Gasteiger partial charge in [0.25, 0.3) is 5.91 Å². The van der Waals surface area contributed by atoms with Gasteiger partial charge in [0.1, 0.15) is 29.1 Å². The first-order valence-electron chi connectivity index (χ1n) is 14.1. The van der Waals surface area contributed by atoms with Gasteiger partial charge in [-0.2, -0.15) is 5.26 Å². The molecular formula is C32H35N5O5. The lowest BCUT2D eigenvalue weighted by atomic mass is 10.00. The van der Waals surface area contributed by atoms with Crippen LogP contribution in [0.15, 0.2) is 48.5 Å². The van der Waals surface area contributed by atoms with E-state index in [9.17, 15) is 14.9 Å². The highest BCUT2D eigenvalue weighted by molar-refractivity contribution is 5.95. The number of fused-ring (bicyclic) bond motifs is 5. The number of nitriles is 1. The number of nitrogens with zero attached hydrogens (tertiary/aromatic N) is 3. The Hall–Kier alpha value is -4.62. The number of hydrogen-bond acceptors (Lipinski definition) is 8. The molecule has 218 valence electrons. The van der Waals surface area contributed by atoms with Crippen molar-refractivity contribution in [2.45, 2.75) is 51.9 Å². The Morgan fingerprint density at radius 1 is 1.12 bits per heavy atom. The van der Waals surface area contributed by atoms with Crippen LogP contribution >= 0.6 is 0 Å². The van der Waals surface area contributed by atoms with Crippen LogP contribution in [-0.2, 0) is 16.1 Å². The van der Waals surface area contributed by atoms with E-state index in [1.165, 1.54) is 7.11 Å². The molecule has 42 heavy (non-hydrogen) atoms. The van der Waals surface area contributed by atoms with Crippen LogP contribution in [0.2, 0.25) is 0 Å². The molecule has 2 N–H and O–H groups in total. The number of pyridine rings is 1. The SMILES string of the molecule is COc1cc2cc(c1)C(=O)NCCCC(=O)N[C@H]1CN(c3nc(C)c(C)cc3C#N)CC[C@@H]1OCc1cccc(c1)O2. The fourth-order valence-electron chi connectivity index (χ4n) is 5.23. The lowest BCUT2D eigenvalue weighted by Gasteiger charge is -2.39. The molecule has 3 heterocycles. The number of aryl methyl sites for hydroxylation is 2. The van der Waals surface area contributed by atoms with Crippen molar-refractivity contribution in [3.63, 3.8) is 0 Å². The van der Waals surface area contributed by atoms with Gasteiger partial charge >= 0.3 is 0 Å². The molecule has 2 amide bonds. The molecule has 0 radical (unpaired) electrons. The average molecular weight is 570 g/mol. The van der Waals surface area contributed by atoms with Crippen LogP contribution in [0.1, 0.15) is 52.0 Å². The van der Waals surface area contributed by atoms with Gasteiger partial charge in [0.05, 0.1) is 31.4 Å². The number of piperidine rings is 1. The third-order valence-electron chi connectivity index (χ3n) is 7.60. The number of nitrogens with one attached hydrogen (secondary N) is 2. The molecule has 2 aromatic carbocycles. The van der Waals surface area contributed by atoms with Crippen molar-refractivity contribution in [2.24, 2.45) is 0 Å². The Kier molecular flexibility index (Phi) is 8.88. The van der Waals surface area contributed by atoms with Crippen LogP contribution in [-0.4, -0.2) is 55.7 Å². The van der Waals surface area contributed by atoms with Gasteiger partial charge in [0.15, 0.2) is 0 Å². The van der Waals surface area contributed by atoms with Crippen molar-refractivity contribution >= 4 is 17.6 Å². The van der Waals surface area contributed by atoms with Crippen LogP contribution < -0.4 is 25.0 Å². The van der Waals surface area contributed by atoms with Gasteiger partial charge in [-0.25, -0.2) is 4.98 Å². The van der Waals surface area contributed by atoms with Crippen molar-refractivity contribution in [1.82, 2.24) is 15.6 Å². The maximum Gasteiger partial charge on any atom is 0.251 e. The number of carbonyl (C=O) groups is 2. The van der Waals surface area contributed by atoms with Gasteiger partial charge in [0, 0.05) is 43.4 Å². The summed E-state index contributed by atoms with van der Waals surface area (Å²) in [4.78, 5) is 32.7. The minimum Gasteiger partial charge on any atom is -0.497 e. The highest BCUT2D eigenvalue weighted by Crippen LogP contribution is 2.29. The molecule has 2 atom stereocenters. The molecule has 4 bridgehead atoms. The minimum atomic E-state index is -0.318. The van der Waals surface area contributed by atoms with Gasteiger partial charge in [-0.15, -0.1) is 0 Å². The second kappa shape index (κ2) is 12.9. The number of carbonyl (C=O) groups excluding carboxylic acids is 2. The molecule has 1 fully saturated rings. The summed E-state index contributed by atoms with van der Waals surface area (Å²) in [7, 11) is 1.54. The summed E-state index contributed by atoms with van der Waals surface area (Å²) in [6, 6.07) is 16.4. The number of hydrogen-bond donors (Lipinski definition) is 2. The van der Waals surface area contributed by atoms with E-state index in [1.54, 1.807) is 18.2 Å². The van der Waals surface area contributed by atoms with E-state index in [0.717, 1.165) is 16.8 Å². The highest BCUT2D eigenvalue weighted by Gasteiger charge is 2.33. The van der Waals surface area contributed by atoms with E-state index in [2.05, 4.69) is 21.6 Å². The largest absolute Gasteiger partial charge is 0.497 e. The van der Waals surface area contributed by atoms with Crippen LogP contribution in [0.4, 0.5) is 5.82 Å². The summed E-state index contributed by atoms with van der Waals surface area (Å²) in [5, 5.41) is 15.8. The molecule has 1 aromatic heterocycles. The van der Waals surface area contributed by atoms with Crippen molar-refractivity contribution in [1.29, 1.82) is 5.26 Å². The molecular weight excluding hydrogens is 534 g/mol. The quantitative estimate of drug-likeness (QED) is 0.471. The van der Waals surface area contributed by atoms with Crippen LogP contribution in [0, 0.1) is 25.2 Å². The Balaban J connectivity index is 1.40. The smallest absolute Gasteiger partial charge is 0.251 e. The Labute approximate surface area is 245 Å². The maximum atomic E-state index is 13.0. The monoisotopic (exact) mass is 569 g/mol. The van der Waals surface area contributed by atoms with Gasteiger partial charge in [-0.3, -0.25) is 9.59 Å². The van der Waals surface area contributed by atoms with Crippen molar-refractivity contribution in [3.8, 4) is 23.3 Å². The molecule has 2 aliphatic heterocycles. The first-order chi connectivity index (χ1) is 20.3. The standard InChI is InChI=1S/C32H35N5O5/c1-20-12-24(17-33)31(35-21(20)2)37-11-9-29-28(18-37)36-30(38)8-5-10-34-32(39)23-14-26(40-3)16-27(15-23)42-25-7-4-6-22(13-25)19-41-29/h4,6-7,12-16,28-29H,5,8-11,18-19H2,1-3H3,(H,34,39)(H,36,38)/t28-,29-/m0/s1. The number of amides is 2. The molecule has 10 nitrogen and oxygen atoms in total. The summed E-state index contributed by atoms with van der Waals surface area (Å²) in [6.07, 6.45) is 1.10. The molecule has 0 unspecified atom stereocenters. The molecule has 0 aliphatic carbocycles. The predicted molar refractivity (Wildman–Crippen MR) is 157 cm³/mol. The minimum absolute atomic E-state index is 0.126. The molecule has 10 heteroatoms. The van der Waals surface area contributed by atoms with Crippen LogP contribution in [0.5, 0.6) is 17.2 Å². The lowest BCUT2D eigenvalue weighted by Crippen LogP contribution is -2.56. The van der Waals surface area contributed by atoms with E-state index in [4.69, 9.17) is 19.2 Å². The lowest BCUT2D eigenvalue weighted by molar-refractivity contribution is -0.123. The summed E-state index contributed by atoms with van der Waals surface area (Å²) < 4.78 is 17.9. The van der Waals surface area contributed by atoms with Crippen LogP contribution in [0.3, 0.4) is 0 Å². The van der Waals surface area contributed by atoms with Crippen molar-refractivity contribution in [3.05, 3.63) is 76.5 Å². The first-order valence-corrected chi connectivity index (χ1v) is 14.1. The molecule has 0 saturated carbocycles. The van der Waals surface area contributed by atoms with E-state index in [-0.39, 0.29) is 30.4 Å². The summed E-state index contributed by atoms with van der Waals surface area (Å²) in [6.45, 7) is 5.61. The number of aromatic nitrogens is 1. The van der Waals surface area contributed by atoms with E-state index >= 15 is 0 Å². The topological polar surface area (TPSA) is 126 Å². The van der Waals surface area contributed by atoms with E-state index in [1.807, 2.05) is 44.2 Å². The van der Waals surface area contributed by atoms with Crippen molar-refractivity contribution in [2.75, 3.05) is 31.6 Å². The molecule has 5 rings (SSSR count).